The fourth-order valence-electron chi connectivity index (χ4n) is 2.12. The van der Waals surface area contributed by atoms with Crippen molar-refractivity contribution in [3.8, 4) is 11.3 Å². The number of hydrogen-bond donors (Lipinski definition) is 1. The fraction of sp³-hybridized carbons (Fsp3) is 0.400. The molecule has 0 spiro atoms. The van der Waals surface area contributed by atoms with Crippen LogP contribution in [-0.2, 0) is 6.42 Å². The van der Waals surface area contributed by atoms with E-state index in [0.717, 1.165) is 23.3 Å². The van der Waals surface area contributed by atoms with E-state index in [9.17, 15) is 0 Å². The van der Waals surface area contributed by atoms with Crippen LogP contribution in [0.5, 0.6) is 0 Å². The van der Waals surface area contributed by atoms with Gasteiger partial charge in [0.15, 0.2) is 11.6 Å². The summed E-state index contributed by atoms with van der Waals surface area (Å²) in [6.45, 7) is 8.48. The third-order valence-corrected chi connectivity index (χ3v) is 3.07. The third-order valence-electron chi connectivity index (χ3n) is 3.07. The van der Waals surface area contributed by atoms with Crippen LogP contribution >= 0.6 is 0 Å². The van der Waals surface area contributed by atoms with E-state index >= 15 is 0 Å². The number of nitrogen functional groups attached to an aromatic ring is 1. The van der Waals surface area contributed by atoms with Crippen molar-refractivity contribution in [2.24, 2.45) is 5.92 Å². The molecule has 0 saturated heterocycles. The predicted octanol–water partition coefficient (Wildman–Crippen LogP) is 3.74. The first kappa shape index (κ1) is 12.7. The molecule has 1 aromatic carbocycles. The quantitative estimate of drug-likeness (QED) is 0.894. The molecule has 2 aromatic rings. The summed E-state index contributed by atoms with van der Waals surface area (Å²) in [5, 5.41) is 3.92. The van der Waals surface area contributed by atoms with Gasteiger partial charge in [0, 0.05) is 11.1 Å². The predicted molar refractivity (Wildman–Crippen MR) is 74.4 cm³/mol. The van der Waals surface area contributed by atoms with Crippen LogP contribution in [0.1, 0.15) is 30.5 Å². The van der Waals surface area contributed by atoms with Crippen molar-refractivity contribution in [1.29, 1.82) is 0 Å². The number of benzene rings is 1. The summed E-state index contributed by atoms with van der Waals surface area (Å²) in [7, 11) is 0. The molecule has 0 aliphatic heterocycles. The second-order valence-electron chi connectivity index (χ2n) is 5.29. The molecule has 0 bridgehead atoms. The summed E-state index contributed by atoms with van der Waals surface area (Å²) in [6.07, 6.45) is 0.887. The summed E-state index contributed by atoms with van der Waals surface area (Å²) >= 11 is 0. The Morgan fingerprint density at radius 2 is 2.00 bits per heavy atom. The molecule has 0 atom stereocenters. The fourth-order valence-corrected chi connectivity index (χ4v) is 2.12. The standard InChI is InChI=1S/C15H20N2O/c1-9(2)7-13-14(18-17-15(13)16)12-8-10(3)5-6-11(12)4/h5-6,8-9H,7H2,1-4H3,(H2,16,17). The van der Waals surface area contributed by atoms with Gasteiger partial charge in [-0.25, -0.2) is 0 Å². The highest BCUT2D eigenvalue weighted by molar-refractivity contribution is 5.69. The zero-order chi connectivity index (χ0) is 13.3. The van der Waals surface area contributed by atoms with Crippen molar-refractivity contribution in [3.05, 3.63) is 34.9 Å². The van der Waals surface area contributed by atoms with Gasteiger partial charge in [-0.2, -0.15) is 0 Å². The highest BCUT2D eigenvalue weighted by Crippen LogP contribution is 2.32. The van der Waals surface area contributed by atoms with Crippen molar-refractivity contribution < 1.29 is 4.52 Å². The molecular formula is C15H20N2O. The smallest absolute Gasteiger partial charge is 0.172 e. The number of aryl methyl sites for hydroxylation is 2. The van der Waals surface area contributed by atoms with Gasteiger partial charge in [0.25, 0.3) is 0 Å². The molecule has 1 aromatic heterocycles. The molecule has 0 fully saturated rings. The van der Waals surface area contributed by atoms with Gasteiger partial charge in [0.1, 0.15) is 0 Å². The molecule has 0 radical (unpaired) electrons. The van der Waals surface area contributed by atoms with E-state index in [-0.39, 0.29) is 0 Å². The summed E-state index contributed by atoms with van der Waals surface area (Å²) < 4.78 is 5.44. The summed E-state index contributed by atoms with van der Waals surface area (Å²) in [5.74, 6) is 1.86. The molecule has 2 rings (SSSR count). The molecule has 0 unspecified atom stereocenters. The maximum Gasteiger partial charge on any atom is 0.172 e. The Morgan fingerprint density at radius 3 is 2.67 bits per heavy atom. The van der Waals surface area contributed by atoms with E-state index in [1.807, 2.05) is 0 Å². The van der Waals surface area contributed by atoms with Gasteiger partial charge in [-0.05, 0) is 37.8 Å². The number of aromatic nitrogens is 1. The van der Waals surface area contributed by atoms with Crippen LogP contribution in [0.3, 0.4) is 0 Å². The van der Waals surface area contributed by atoms with Gasteiger partial charge < -0.3 is 10.3 Å². The molecule has 3 nitrogen and oxygen atoms in total. The number of hydrogen-bond acceptors (Lipinski definition) is 3. The van der Waals surface area contributed by atoms with E-state index in [1.165, 1.54) is 11.1 Å². The second-order valence-corrected chi connectivity index (χ2v) is 5.29. The third kappa shape index (κ3) is 2.40. The van der Waals surface area contributed by atoms with Gasteiger partial charge in [0.2, 0.25) is 0 Å². The minimum absolute atomic E-state index is 0.514. The lowest BCUT2D eigenvalue weighted by molar-refractivity contribution is 0.434. The average molecular weight is 244 g/mol. The van der Waals surface area contributed by atoms with E-state index in [4.69, 9.17) is 10.3 Å². The zero-order valence-corrected chi connectivity index (χ0v) is 11.4. The topological polar surface area (TPSA) is 52.0 Å². The molecule has 3 heteroatoms. The molecule has 0 amide bonds. The van der Waals surface area contributed by atoms with Crippen molar-refractivity contribution in [3.63, 3.8) is 0 Å². The molecule has 0 aliphatic rings. The van der Waals surface area contributed by atoms with Crippen LogP contribution in [-0.4, -0.2) is 5.16 Å². The average Bonchev–Trinajstić information content (AvgIpc) is 2.64. The maximum atomic E-state index is 5.91. The van der Waals surface area contributed by atoms with Crippen LogP contribution in [0.25, 0.3) is 11.3 Å². The zero-order valence-electron chi connectivity index (χ0n) is 11.4. The van der Waals surface area contributed by atoms with Crippen molar-refractivity contribution in [1.82, 2.24) is 5.16 Å². The first-order valence-corrected chi connectivity index (χ1v) is 6.30. The number of nitrogens with two attached hydrogens (primary N) is 1. The van der Waals surface area contributed by atoms with Crippen molar-refractivity contribution in [2.75, 3.05) is 5.73 Å². The summed E-state index contributed by atoms with van der Waals surface area (Å²) in [6, 6.07) is 6.32. The number of nitrogens with zero attached hydrogens (tertiary/aromatic N) is 1. The lowest BCUT2D eigenvalue weighted by Gasteiger charge is -2.08. The largest absolute Gasteiger partial charge is 0.381 e. The van der Waals surface area contributed by atoms with Gasteiger partial charge in [-0.1, -0.05) is 36.7 Å². The molecule has 0 saturated carbocycles. The Balaban J connectivity index is 2.53. The van der Waals surface area contributed by atoms with Gasteiger partial charge >= 0.3 is 0 Å². The van der Waals surface area contributed by atoms with E-state index in [2.05, 4.69) is 51.1 Å². The SMILES string of the molecule is Cc1ccc(C)c(-c2onc(N)c2CC(C)C)c1. The minimum atomic E-state index is 0.514. The lowest BCUT2D eigenvalue weighted by atomic mass is 9.96. The van der Waals surface area contributed by atoms with Crippen molar-refractivity contribution in [2.45, 2.75) is 34.1 Å². The molecular weight excluding hydrogens is 224 g/mol. The van der Waals surface area contributed by atoms with E-state index in [0.29, 0.717) is 11.7 Å². The van der Waals surface area contributed by atoms with Gasteiger partial charge in [0.05, 0.1) is 0 Å². The molecule has 18 heavy (non-hydrogen) atoms. The van der Waals surface area contributed by atoms with Crippen molar-refractivity contribution >= 4 is 5.82 Å². The normalized spacial score (nSPS) is 11.2. The molecule has 96 valence electrons. The summed E-state index contributed by atoms with van der Waals surface area (Å²) in [5.41, 5.74) is 10.4. The molecule has 2 N–H and O–H groups in total. The van der Waals surface area contributed by atoms with E-state index in [1.54, 1.807) is 0 Å². The second kappa shape index (κ2) is 4.84. The Morgan fingerprint density at radius 1 is 1.28 bits per heavy atom. The Bertz CT molecular complexity index is 556. The first-order chi connectivity index (χ1) is 8.49. The van der Waals surface area contributed by atoms with Gasteiger partial charge in [-0.3, -0.25) is 0 Å². The molecule has 0 aliphatic carbocycles. The monoisotopic (exact) mass is 244 g/mol. The maximum absolute atomic E-state index is 5.91. The minimum Gasteiger partial charge on any atom is -0.381 e. The number of rotatable bonds is 3. The van der Waals surface area contributed by atoms with Crippen LogP contribution < -0.4 is 5.73 Å². The van der Waals surface area contributed by atoms with Gasteiger partial charge in [-0.15, -0.1) is 0 Å². The van der Waals surface area contributed by atoms with Crippen LogP contribution in [0.2, 0.25) is 0 Å². The summed E-state index contributed by atoms with van der Waals surface area (Å²) in [4.78, 5) is 0. The highest BCUT2D eigenvalue weighted by Gasteiger charge is 2.18. The van der Waals surface area contributed by atoms with Crippen LogP contribution in [0.15, 0.2) is 22.7 Å². The van der Waals surface area contributed by atoms with Crippen LogP contribution in [0.4, 0.5) is 5.82 Å². The van der Waals surface area contributed by atoms with Crippen LogP contribution in [0, 0.1) is 19.8 Å². The lowest BCUT2D eigenvalue weighted by Crippen LogP contribution is -1.99. The Kier molecular flexibility index (Phi) is 3.41. The first-order valence-electron chi connectivity index (χ1n) is 6.30. The Labute approximate surface area is 108 Å². The number of anilines is 1. The highest BCUT2D eigenvalue weighted by atomic mass is 16.5. The van der Waals surface area contributed by atoms with E-state index < -0.39 is 0 Å². The Hall–Kier alpha value is -1.77. The molecule has 1 heterocycles.